The van der Waals surface area contributed by atoms with Crippen LogP contribution in [0.15, 0.2) is 42.5 Å². The summed E-state index contributed by atoms with van der Waals surface area (Å²) in [5.41, 5.74) is 9.04. The van der Waals surface area contributed by atoms with Crippen LogP contribution in [0.3, 0.4) is 0 Å². The van der Waals surface area contributed by atoms with E-state index >= 15 is 0 Å². The molecular weight excluding hydrogens is 279 g/mol. The first-order valence-corrected chi connectivity index (χ1v) is 7.52. The largest absolute Gasteiger partial charge is 0.398 e. The average Bonchev–Trinajstić information content (AvgIpc) is 2.54. The molecule has 0 saturated carbocycles. The van der Waals surface area contributed by atoms with E-state index in [-0.39, 0.29) is 11.7 Å². The number of anilines is 2. The molecule has 0 fully saturated rings. The molecule has 3 rings (SSSR count). The van der Waals surface area contributed by atoms with Gasteiger partial charge in [0.15, 0.2) is 0 Å². The van der Waals surface area contributed by atoms with Gasteiger partial charge in [-0.15, -0.1) is 0 Å². The van der Waals surface area contributed by atoms with Crippen molar-refractivity contribution in [3.8, 4) is 0 Å². The minimum atomic E-state index is -0.520. The minimum absolute atomic E-state index is 0.0864. The van der Waals surface area contributed by atoms with Crippen molar-refractivity contribution in [1.29, 1.82) is 0 Å². The number of hydrogen-bond donors (Lipinski definition) is 1. The number of fused-ring (bicyclic) bond motifs is 1. The summed E-state index contributed by atoms with van der Waals surface area (Å²) in [6.07, 6.45) is 1.75. The summed E-state index contributed by atoms with van der Waals surface area (Å²) >= 11 is 0. The molecule has 4 heteroatoms. The van der Waals surface area contributed by atoms with Crippen molar-refractivity contribution in [3.63, 3.8) is 0 Å². The molecule has 3 nitrogen and oxygen atoms in total. The summed E-state index contributed by atoms with van der Waals surface area (Å²) in [6, 6.07) is 12.1. The zero-order valence-electron chi connectivity index (χ0n) is 12.6. The molecule has 0 aromatic heterocycles. The van der Waals surface area contributed by atoms with Crippen LogP contribution in [0.4, 0.5) is 15.8 Å². The molecule has 0 aliphatic carbocycles. The highest BCUT2D eigenvalue weighted by molar-refractivity contribution is 5.99. The Labute approximate surface area is 129 Å². The number of nitrogen functional groups attached to an aromatic ring is 1. The summed E-state index contributed by atoms with van der Waals surface area (Å²) in [5.74, 6) is -0.946. The standard InChI is InChI=1S/C18H19FN2O/c1-12(13-6-2-3-8-15(13)19)18(22)21-11-5-7-14-16(20)9-4-10-17(14)21/h2-4,6,8-10,12H,5,7,11,20H2,1H3. The van der Waals surface area contributed by atoms with Gasteiger partial charge in [0.1, 0.15) is 5.82 Å². The Bertz CT molecular complexity index is 714. The van der Waals surface area contributed by atoms with Gasteiger partial charge in [0, 0.05) is 17.9 Å². The highest BCUT2D eigenvalue weighted by Gasteiger charge is 2.28. The number of halogens is 1. The topological polar surface area (TPSA) is 46.3 Å². The predicted octanol–water partition coefficient (Wildman–Crippen LogP) is 3.49. The lowest BCUT2D eigenvalue weighted by atomic mass is 9.95. The van der Waals surface area contributed by atoms with Crippen molar-refractivity contribution < 1.29 is 9.18 Å². The van der Waals surface area contributed by atoms with Crippen molar-refractivity contribution in [1.82, 2.24) is 0 Å². The predicted molar refractivity (Wildman–Crippen MR) is 86.3 cm³/mol. The van der Waals surface area contributed by atoms with Gasteiger partial charge in [0.25, 0.3) is 0 Å². The number of rotatable bonds is 2. The second-order valence-corrected chi connectivity index (χ2v) is 5.68. The van der Waals surface area contributed by atoms with E-state index in [1.165, 1.54) is 6.07 Å². The lowest BCUT2D eigenvalue weighted by molar-refractivity contribution is -0.119. The summed E-state index contributed by atoms with van der Waals surface area (Å²) in [4.78, 5) is 14.6. The number of nitrogens with two attached hydrogens (primary N) is 1. The molecule has 1 aliphatic heterocycles. The van der Waals surface area contributed by atoms with Crippen LogP contribution in [0.25, 0.3) is 0 Å². The molecule has 1 unspecified atom stereocenters. The molecule has 1 amide bonds. The van der Waals surface area contributed by atoms with E-state index < -0.39 is 5.92 Å². The fraction of sp³-hybridized carbons (Fsp3) is 0.278. The maximum Gasteiger partial charge on any atom is 0.234 e. The summed E-state index contributed by atoms with van der Waals surface area (Å²) in [7, 11) is 0. The maximum atomic E-state index is 13.9. The molecular formula is C18H19FN2O. The fourth-order valence-corrected chi connectivity index (χ4v) is 3.07. The smallest absolute Gasteiger partial charge is 0.234 e. The Hall–Kier alpha value is -2.36. The lowest BCUT2D eigenvalue weighted by Gasteiger charge is -2.32. The van der Waals surface area contributed by atoms with Crippen molar-refractivity contribution in [2.45, 2.75) is 25.7 Å². The molecule has 22 heavy (non-hydrogen) atoms. The Morgan fingerprint density at radius 1 is 1.23 bits per heavy atom. The monoisotopic (exact) mass is 298 g/mol. The first-order chi connectivity index (χ1) is 10.6. The van der Waals surface area contributed by atoms with Crippen LogP contribution in [0.1, 0.15) is 30.4 Å². The van der Waals surface area contributed by atoms with Crippen LogP contribution >= 0.6 is 0 Å². The van der Waals surface area contributed by atoms with E-state index in [1.807, 2.05) is 18.2 Å². The van der Waals surface area contributed by atoms with E-state index in [2.05, 4.69) is 0 Å². The third kappa shape index (κ3) is 2.45. The quantitative estimate of drug-likeness (QED) is 0.863. The third-order valence-corrected chi connectivity index (χ3v) is 4.30. The summed E-state index contributed by atoms with van der Waals surface area (Å²) < 4.78 is 13.9. The van der Waals surface area contributed by atoms with Gasteiger partial charge < -0.3 is 10.6 Å². The first kappa shape index (κ1) is 14.6. The van der Waals surface area contributed by atoms with Crippen LogP contribution in [-0.4, -0.2) is 12.5 Å². The number of hydrogen-bond acceptors (Lipinski definition) is 2. The van der Waals surface area contributed by atoms with Crippen LogP contribution in [0, 0.1) is 5.82 Å². The van der Waals surface area contributed by atoms with Gasteiger partial charge in [0.05, 0.1) is 5.92 Å². The third-order valence-electron chi connectivity index (χ3n) is 4.30. The number of nitrogens with zero attached hydrogens (tertiary/aromatic N) is 1. The molecule has 0 spiro atoms. The number of amides is 1. The van der Waals surface area contributed by atoms with Crippen molar-refractivity contribution in [2.75, 3.05) is 17.2 Å². The highest BCUT2D eigenvalue weighted by atomic mass is 19.1. The van der Waals surface area contributed by atoms with Gasteiger partial charge in [-0.3, -0.25) is 4.79 Å². The molecule has 1 heterocycles. The molecule has 2 aromatic rings. The Morgan fingerprint density at radius 3 is 2.77 bits per heavy atom. The van der Waals surface area contributed by atoms with Crippen molar-refractivity contribution >= 4 is 17.3 Å². The average molecular weight is 298 g/mol. The zero-order valence-corrected chi connectivity index (χ0v) is 12.6. The van der Waals surface area contributed by atoms with Crippen LogP contribution in [0.5, 0.6) is 0 Å². The van der Waals surface area contributed by atoms with Crippen molar-refractivity contribution in [3.05, 3.63) is 59.4 Å². The highest BCUT2D eigenvalue weighted by Crippen LogP contribution is 2.33. The van der Waals surface area contributed by atoms with Crippen LogP contribution < -0.4 is 10.6 Å². The molecule has 0 saturated heterocycles. The van der Waals surface area contributed by atoms with Gasteiger partial charge in [-0.2, -0.15) is 0 Å². The first-order valence-electron chi connectivity index (χ1n) is 7.52. The number of carbonyl (C=O) groups is 1. The second kappa shape index (κ2) is 5.79. The molecule has 2 N–H and O–H groups in total. The Morgan fingerprint density at radius 2 is 2.00 bits per heavy atom. The summed E-state index contributed by atoms with van der Waals surface area (Å²) in [6.45, 7) is 2.40. The van der Waals surface area contributed by atoms with E-state index in [0.717, 1.165) is 24.1 Å². The zero-order chi connectivity index (χ0) is 15.7. The van der Waals surface area contributed by atoms with Crippen molar-refractivity contribution in [2.24, 2.45) is 0 Å². The van der Waals surface area contributed by atoms with E-state index in [1.54, 1.807) is 30.0 Å². The van der Waals surface area contributed by atoms with E-state index in [4.69, 9.17) is 5.73 Å². The van der Waals surface area contributed by atoms with E-state index in [9.17, 15) is 9.18 Å². The molecule has 1 aliphatic rings. The van der Waals surface area contributed by atoms with Gasteiger partial charge in [-0.25, -0.2) is 4.39 Å². The van der Waals surface area contributed by atoms with Gasteiger partial charge in [-0.05, 0) is 49.1 Å². The van der Waals surface area contributed by atoms with Gasteiger partial charge in [-0.1, -0.05) is 24.3 Å². The van der Waals surface area contributed by atoms with E-state index in [0.29, 0.717) is 17.8 Å². The maximum absolute atomic E-state index is 13.9. The lowest BCUT2D eigenvalue weighted by Crippen LogP contribution is -2.38. The van der Waals surface area contributed by atoms with Gasteiger partial charge >= 0.3 is 0 Å². The summed E-state index contributed by atoms with van der Waals surface area (Å²) in [5, 5.41) is 0. The number of benzene rings is 2. The minimum Gasteiger partial charge on any atom is -0.398 e. The normalized spacial score (nSPS) is 15.3. The van der Waals surface area contributed by atoms with Crippen LogP contribution in [-0.2, 0) is 11.2 Å². The van der Waals surface area contributed by atoms with Gasteiger partial charge in [0.2, 0.25) is 5.91 Å². The molecule has 0 radical (unpaired) electrons. The van der Waals surface area contributed by atoms with Crippen LogP contribution in [0.2, 0.25) is 0 Å². The Balaban J connectivity index is 1.94. The molecule has 1 atom stereocenters. The molecule has 0 bridgehead atoms. The second-order valence-electron chi connectivity index (χ2n) is 5.68. The number of carbonyl (C=O) groups excluding carboxylic acids is 1. The molecule has 2 aromatic carbocycles. The Kier molecular flexibility index (Phi) is 3.84. The fourth-order valence-electron chi connectivity index (χ4n) is 3.07. The SMILES string of the molecule is CC(C(=O)N1CCCc2c(N)cccc21)c1ccccc1F. The molecule has 114 valence electrons.